The molecular weight excluding hydrogens is 240 g/mol. The first-order valence-corrected chi connectivity index (χ1v) is 6.68. The fourth-order valence-electron chi connectivity index (χ4n) is 1.44. The minimum absolute atomic E-state index is 0.0995. The molecule has 0 amide bonds. The normalized spacial score (nSPS) is 11.8. The van der Waals surface area contributed by atoms with Gasteiger partial charge in [-0.3, -0.25) is 0 Å². The van der Waals surface area contributed by atoms with Gasteiger partial charge in [0.1, 0.15) is 5.82 Å². The Hall–Kier alpha value is -1.60. The maximum absolute atomic E-state index is 11.8. The van der Waals surface area contributed by atoms with Crippen molar-refractivity contribution in [1.82, 2.24) is 19.3 Å². The Balaban J connectivity index is 1.94. The highest BCUT2D eigenvalue weighted by Crippen LogP contribution is 2.04. The average molecular weight is 254 g/mol. The number of rotatable bonds is 5. The summed E-state index contributed by atoms with van der Waals surface area (Å²) >= 11 is 0. The molecule has 2 heterocycles. The smallest absolute Gasteiger partial charge is 0.257 e. The number of imidazole rings is 1. The van der Waals surface area contributed by atoms with Gasteiger partial charge in [-0.2, -0.15) is 0 Å². The van der Waals surface area contributed by atoms with Crippen LogP contribution in [-0.4, -0.2) is 29.5 Å². The Morgan fingerprint density at radius 2 is 2.12 bits per heavy atom. The maximum atomic E-state index is 11.8. The highest BCUT2D eigenvalue weighted by Gasteiger charge is 2.15. The van der Waals surface area contributed by atoms with Crippen molar-refractivity contribution < 1.29 is 8.42 Å². The Morgan fingerprint density at radius 1 is 1.41 bits per heavy atom. The lowest BCUT2D eigenvalue weighted by Crippen LogP contribution is -2.27. The van der Waals surface area contributed by atoms with Crippen molar-refractivity contribution in [2.24, 2.45) is 0 Å². The molecule has 0 saturated heterocycles. The fourth-order valence-corrected chi connectivity index (χ4v) is 2.43. The van der Waals surface area contributed by atoms with E-state index in [0.717, 1.165) is 0 Å². The molecule has 0 atom stereocenters. The summed E-state index contributed by atoms with van der Waals surface area (Å²) in [5.41, 5.74) is 0. The summed E-state index contributed by atoms with van der Waals surface area (Å²) in [6.07, 6.45) is 5.08. The fraction of sp³-hybridized carbons (Fsp3) is 0.300. The maximum Gasteiger partial charge on any atom is 0.257 e. The van der Waals surface area contributed by atoms with Gasteiger partial charge in [0.05, 0.1) is 6.20 Å². The van der Waals surface area contributed by atoms with E-state index in [4.69, 9.17) is 0 Å². The number of nitrogens with one attached hydrogen (secondary N) is 2. The van der Waals surface area contributed by atoms with Crippen molar-refractivity contribution in [1.29, 1.82) is 0 Å². The number of aromatic nitrogens is 3. The number of nitrogens with zero attached hydrogens (tertiary/aromatic N) is 2. The lowest BCUT2D eigenvalue weighted by Gasteiger charge is -2.05. The van der Waals surface area contributed by atoms with Gasteiger partial charge in [0.15, 0.2) is 5.03 Å². The standard InChI is InChI=1S/C10H14N4O2S/c1-9-11-8-10(13-9)17(15,16)12-4-7-14-5-2-3-6-14/h2-3,5-6,8,12H,4,7H2,1H3,(H,11,13). The van der Waals surface area contributed by atoms with Gasteiger partial charge in [-0.1, -0.05) is 0 Å². The molecule has 2 rings (SSSR count). The van der Waals surface area contributed by atoms with Crippen LogP contribution in [-0.2, 0) is 16.6 Å². The van der Waals surface area contributed by atoms with Crippen LogP contribution in [0.4, 0.5) is 0 Å². The van der Waals surface area contributed by atoms with Crippen molar-refractivity contribution in [2.75, 3.05) is 6.54 Å². The van der Waals surface area contributed by atoms with Gasteiger partial charge in [-0.15, -0.1) is 0 Å². The first-order valence-electron chi connectivity index (χ1n) is 5.20. The topological polar surface area (TPSA) is 79.8 Å². The van der Waals surface area contributed by atoms with Crippen molar-refractivity contribution in [3.05, 3.63) is 36.5 Å². The summed E-state index contributed by atoms with van der Waals surface area (Å²) in [6, 6.07) is 3.79. The van der Waals surface area contributed by atoms with Gasteiger partial charge < -0.3 is 9.55 Å². The molecule has 0 radical (unpaired) electrons. The van der Waals surface area contributed by atoms with E-state index in [1.54, 1.807) is 6.92 Å². The minimum atomic E-state index is -3.47. The van der Waals surface area contributed by atoms with Crippen LogP contribution in [0.15, 0.2) is 35.7 Å². The summed E-state index contributed by atoms with van der Waals surface area (Å²) in [7, 11) is -3.47. The van der Waals surface area contributed by atoms with E-state index in [1.165, 1.54) is 6.20 Å². The lowest BCUT2D eigenvalue weighted by molar-refractivity contribution is 0.570. The number of aromatic amines is 1. The second-order valence-corrected chi connectivity index (χ2v) is 5.39. The molecular formula is C10H14N4O2S. The summed E-state index contributed by atoms with van der Waals surface area (Å²) in [4.78, 5) is 6.55. The Labute approximate surface area is 99.7 Å². The molecule has 92 valence electrons. The van der Waals surface area contributed by atoms with Crippen LogP contribution in [0.2, 0.25) is 0 Å². The molecule has 0 spiro atoms. The molecule has 2 aromatic heterocycles. The van der Waals surface area contributed by atoms with E-state index in [-0.39, 0.29) is 5.03 Å². The first-order chi connectivity index (χ1) is 8.08. The summed E-state index contributed by atoms with van der Waals surface area (Å²) in [5, 5.41) is 0.0995. The zero-order valence-electron chi connectivity index (χ0n) is 9.42. The molecule has 0 aromatic carbocycles. The van der Waals surface area contributed by atoms with Gasteiger partial charge in [0.2, 0.25) is 0 Å². The van der Waals surface area contributed by atoms with Crippen LogP contribution in [0.1, 0.15) is 5.82 Å². The predicted octanol–water partition coefficient (Wildman–Crippen LogP) is 0.498. The van der Waals surface area contributed by atoms with E-state index in [1.807, 2.05) is 29.1 Å². The van der Waals surface area contributed by atoms with Crippen molar-refractivity contribution >= 4 is 10.0 Å². The van der Waals surface area contributed by atoms with E-state index in [2.05, 4.69) is 14.7 Å². The molecule has 17 heavy (non-hydrogen) atoms. The van der Waals surface area contributed by atoms with Crippen LogP contribution in [0.3, 0.4) is 0 Å². The Bertz CT molecular complexity index is 571. The molecule has 0 bridgehead atoms. The summed E-state index contributed by atoms with van der Waals surface area (Å²) < 4.78 is 28.0. The monoisotopic (exact) mass is 254 g/mol. The highest BCUT2D eigenvalue weighted by atomic mass is 32.2. The molecule has 0 aliphatic carbocycles. The van der Waals surface area contributed by atoms with Crippen LogP contribution in [0.5, 0.6) is 0 Å². The van der Waals surface area contributed by atoms with E-state index < -0.39 is 10.0 Å². The second-order valence-electron chi connectivity index (χ2n) is 3.65. The summed E-state index contributed by atoms with van der Waals surface area (Å²) in [5.74, 6) is 0.579. The van der Waals surface area contributed by atoms with Crippen LogP contribution < -0.4 is 4.72 Å². The van der Waals surface area contributed by atoms with Gasteiger partial charge in [0.25, 0.3) is 10.0 Å². The van der Waals surface area contributed by atoms with Crippen molar-refractivity contribution in [3.8, 4) is 0 Å². The number of hydrogen-bond acceptors (Lipinski definition) is 3. The quantitative estimate of drug-likeness (QED) is 0.815. The average Bonchev–Trinajstić information content (AvgIpc) is 2.89. The van der Waals surface area contributed by atoms with E-state index in [9.17, 15) is 8.42 Å². The van der Waals surface area contributed by atoms with E-state index in [0.29, 0.717) is 18.9 Å². The largest absolute Gasteiger partial charge is 0.353 e. The van der Waals surface area contributed by atoms with Crippen molar-refractivity contribution in [3.63, 3.8) is 0 Å². The number of sulfonamides is 1. The van der Waals surface area contributed by atoms with Gasteiger partial charge in [-0.05, 0) is 19.1 Å². The second kappa shape index (κ2) is 4.72. The molecule has 0 aliphatic rings. The third-order valence-electron chi connectivity index (χ3n) is 2.30. The molecule has 0 saturated carbocycles. The minimum Gasteiger partial charge on any atom is -0.353 e. The SMILES string of the molecule is Cc1ncc(S(=O)(=O)NCCn2cccc2)[nH]1. The number of H-pyrrole nitrogens is 1. The third kappa shape index (κ3) is 2.95. The molecule has 0 fully saturated rings. The third-order valence-corrected chi connectivity index (χ3v) is 3.67. The van der Waals surface area contributed by atoms with Gasteiger partial charge in [0, 0.05) is 25.5 Å². The highest BCUT2D eigenvalue weighted by molar-refractivity contribution is 7.89. The number of hydrogen-bond donors (Lipinski definition) is 2. The molecule has 0 aliphatic heterocycles. The van der Waals surface area contributed by atoms with Crippen LogP contribution >= 0.6 is 0 Å². The predicted molar refractivity (Wildman–Crippen MR) is 62.9 cm³/mol. The molecule has 7 heteroatoms. The zero-order valence-corrected chi connectivity index (χ0v) is 10.2. The molecule has 2 aromatic rings. The van der Waals surface area contributed by atoms with Crippen molar-refractivity contribution in [2.45, 2.75) is 18.5 Å². The van der Waals surface area contributed by atoms with Crippen LogP contribution in [0.25, 0.3) is 0 Å². The first kappa shape index (κ1) is 11.9. The van der Waals surface area contributed by atoms with Gasteiger partial charge in [-0.25, -0.2) is 18.1 Å². The Kier molecular flexibility index (Phi) is 3.30. The molecule has 0 unspecified atom stereocenters. The lowest BCUT2D eigenvalue weighted by atomic mass is 10.6. The van der Waals surface area contributed by atoms with Gasteiger partial charge >= 0.3 is 0 Å². The molecule has 6 nitrogen and oxygen atoms in total. The van der Waals surface area contributed by atoms with E-state index >= 15 is 0 Å². The Morgan fingerprint density at radius 3 is 2.71 bits per heavy atom. The molecule has 2 N–H and O–H groups in total. The zero-order chi connectivity index (χ0) is 12.3. The summed E-state index contributed by atoms with van der Waals surface area (Å²) in [6.45, 7) is 2.65. The number of aryl methyl sites for hydroxylation is 1. The van der Waals surface area contributed by atoms with Crippen LogP contribution in [0, 0.1) is 6.92 Å².